The van der Waals surface area contributed by atoms with Gasteiger partial charge in [-0.3, -0.25) is 0 Å². The molecule has 1 nitrogen and oxygen atoms in total. The summed E-state index contributed by atoms with van der Waals surface area (Å²) in [5.74, 6) is -0.162. The van der Waals surface area contributed by atoms with Crippen LogP contribution < -0.4 is 5.32 Å². The van der Waals surface area contributed by atoms with Gasteiger partial charge in [-0.05, 0) is 35.9 Å². The van der Waals surface area contributed by atoms with E-state index < -0.39 is 0 Å². The van der Waals surface area contributed by atoms with Gasteiger partial charge < -0.3 is 5.32 Å². The van der Waals surface area contributed by atoms with Crippen LogP contribution in [0.1, 0.15) is 18.4 Å². The second kappa shape index (κ2) is 5.00. The summed E-state index contributed by atoms with van der Waals surface area (Å²) < 4.78 is 14.0. The fraction of sp³-hybridized carbons (Fsp3) is 0.286. The highest BCUT2D eigenvalue weighted by atomic mass is 35.5. The van der Waals surface area contributed by atoms with Crippen LogP contribution in [-0.4, -0.2) is 6.04 Å². The van der Waals surface area contributed by atoms with Crippen molar-refractivity contribution in [2.75, 3.05) is 0 Å². The number of rotatable bonds is 4. The zero-order chi connectivity index (χ0) is 12.5. The molecule has 0 aliphatic heterocycles. The number of halogens is 2. The molecule has 1 aliphatic rings. The van der Waals surface area contributed by atoms with Crippen molar-refractivity contribution < 1.29 is 4.39 Å². The molecule has 0 saturated heterocycles. The van der Waals surface area contributed by atoms with E-state index in [-0.39, 0.29) is 5.82 Å². The van der Waals surface area contributed by atoms with Crippen molar-refractivity contribution in [2.24, 2.45) is 0 Å². The Hall–Kier alpha value is -0.900. The molecular weight excluding hydrogens is 269 g/mol. The molecular formula is C14H13ClFNS. The van der Waals surface area contributed by atoms with E-state index in [9.17, 15) is 4.39 Å². The van der Waals surface area contributed by atoms with Crippen LogP contribution in [0.4, 0.5) is 4.39 Å². The molecule has 1 N–H and O–H groups in total. The van der Waals surface area contributed by atoms with E-state index in [0.29, 0.717) is 17.6 Å². The first-order chi connectivity index (χ1) is 8.74. The van der Waals surface area contributed by atoms with Crippen LogP contribution in [0.5, 0.6) is 0 Å². The van der Waals surface area contributed by atoms with Crippen LogP contribution >= 0.6 is 22.9 Å². The van der Waals surface area contributed by atoms with Gasteiger partial charge in [-0.25, -0.2) is 4.39 Å². The van der Waals surface area contributed by atoms with Crippen molar-refractivity contribution in [2.45, 2.75) is 25.4 Å². The smallest absolute Gasteiger partial charge is 0.128 e. The Labute approximate surface area is 115 Å². The molecule has 94 valence electrons. The zero-order valence-electron chi connectivity index (χ0n) is 9.75. The van der Waals surface area contributed by atoms with Crippen LogP contribution in [0.25, 0.3) is 10.4 Å². The van der Waals surface area contributed by atoms with E-state index >= 15 is 0 Å². The summed E-state index contributed by atoms with van der Waals surface area (Å²) in [5, 5.41) is 5.91. The maximum absolute atomic E-state index is 14.0. The molecule has 1 aliphatic carbocycles. The standard InChI is InChI=1S/C14H13ClFNS/c15-12-5-6-18-14(12)9-1-2-10(13(16)7-9)8-17-11-3-4-11/h1-2,5-7,11,17H,3-4,8H2. The average Bonchev–Trinajstić information content (AvgIpc) is 3.09. The van der Waals surface area contributed by atoms with E-state index in [1.54, 1.807) is 6.07 Å². The van der Waals surface area contributed by atoms with Gasteiger partial charge >= 0.3 is 0 Å². The monoisotopic (exact) mass is 281 g/mol. The van der Waals surface area contributed by atoms with Crippen LogP contribution in [0.3, 0.4) is 0 Å². The van der Waals surface area contributed by atoms with Crippen LogP contribution in [-0.2, 0) is 6.54 Å². The predicted molar refractivity (Wildman–Crippen MR) is 74.6 cm³/mol. The molecule has 1 aromatic carbocycles. The summed E-state index contributed by atoms with van der Waals surface area (Å²) in [7, 11) is 0. The third-order valence-electron chi connectivity index (χ3n) is 3.09. The Morgan fingerprint density at radius 2 is 2.17 bits per heavy atom. The lowest BCUT2D eigenvalue weighted by atomic mass is 10.1. The highest BCUT2D eigenvalue weighted by Gasteiger charge is 2.20. The van der Waals surface area contributed by atoms with E-state index in [0.717, 1.165) is 16.0 Å². The first-order valence-electron chi connectivity index (χ1n) is 5.99. The molecule has 2 aromatic rings. The summed E-state index contributed by atoms with van der Waals surface area (Å²) in [4.78, 5) is 0.928. The molecule has 1 saturated carbocycles. The number of hydrogen-bond acceptors (Lipinski definition) is 2. The van der Waals surface area contributed by atoms with Crippen molar-refractivity contribution in [1.82, 2.24) is 5.32 Å². The van der Waals surface area contributed by atoms with E-state index in [4.69, 9.17) is 11.6 Å². The van der Waals surface area contributed by atoms with Crippen molar-refractivity contribution >= 4 is 22.9 Å². The first-order valence-corrected chi connectivity index (χ1v) is 7.25. The SMILES string of the molecule is Fc1cc(-c2sccc2Cl)ccc1CNC1CC1. The Bertz CT molecular complexity index is 563. The van der Waals surface area contributed by atoms with Crippen LogP contribution in [0.2, 0.25) is 5.02 Å². The maximum atomic E-state index is 14.0. The second-order valence-corrected chi connectivity index (χ2v) is 5.88. The topological polar surface area (TPSA) is 12.0 Å². The number of benzene rings is 1. The molecule has 0 amide bonds. The minimum Gasteiger partial charge on any atom is -0.310 e. The molecule has 0 bridgehead atoms. The van der Waals surface area contributed by atoms with Gasteiger partial charge in [0.2, 0.25) is 0 Å². The minimum atomic E-state index is -0.162. The molecule has 1 aromatic heterocycles. The largest absolute Gasteiger partial charge is 0.310 e. The number of thiophene rings is 1. The summed E-state index contributed by atoms with van der Waals surface area (Å²) in [6, 6.07) is 7.78. The van der Waals surface area contributed by atoms with Crippen LogP contribution in [0, 0.1) is 5.82 Å². The molecule has 18 heavy (non-hydrogen) atoms. The summed E-state index contributed by atoms with van der Waals surface area (Å²) in [5.41, 5.74) is 1.57. The summed E-state index contributed by atoms with van der Waals surface area (Å²) in [6.45, 7) is 0.606. The van der Waals surface area contributed by atoms with Gasteiger partial charge in [-0.2, -0.15) is 0 Å². The molecule has 3 rings (SSSR count). The third kappa shape index (κ3) is 2.58. The Morgan fingerprint density at radius 3 is 2.78 bits per heavy atom. The summed E-state index contributed by atoms with van der Waals surface area (Å²) in [6.07, 6.45) is 2.43. The second-order valence-electron chi connectivity index (χ2n) is 4.56. The lowest BCUT2D eigenvalue weighted by Gasteiger charge is -2.06. The van der Waals surface area contributed by atoms with E-state index in [1.807, 2.05) is 23.6 Å². The van der Waals surface area contributed by atoms with Crippen LogP contribution in [0.15, 0.2) is 29.6 Å². The molecule has 0 unspecified atom stereocenters. The maximum Gasteiger partial charge on any atom is 0.128 e. The lowest BCUT2D eigenvalue weighted by Crippen LogP contribution is -2.16. The van der Waals surface area contributed by atoms with Gasteiger partial charge in [-0.15, -0.1) is 11.3 Å². The number of hydrogen-bond donors (Lipinski definition) is 1. The predicted octanol–water partition coefficient (Wildman–Crippen LogP) is 4.46. The van der Waals surface area contributed by atoms with E-state index in [2.05, 4.69) is 5.32 Å². The molecule has 0 radical (unpaired) electrons. The lowest BCUT2D eigenvalue weighted by molar-refractivity contribution is 0.587. The van der Waals surface area contributed by atoms with Gasteiger partial charge in [0.05, 0.1) is 9.90 Å². The fourth-order valence-corrected chi connectivity index (χ4v) is 3.04. The quantitative estimate of drug-likeness (QED) is 0.872. The third-order valence-corrected chi connectivity index (χ3v) is 4.48. The van der Waals surface area contributed by atoms with E-state index in [1.165, 1.54) is 24.2 Å². The van der Waals surface area contributed by atoms with Crippen molar-refractivity contribution in [3.63, 3.8) is 0 Å². The van der Waals surface area contributed by atoms with Gasteiger partial charge in [0.1, 0.15) is 5.82 Å². The van der Waals surface area contributed by atoms with Gasteiger partial charge in [0.15, 0.2) is 0 Å². The Balaban J connectivity index is 1.81. The average molecular weight is 282 g/mol. The minimum absolute atomic E-state index is 0.162. The van der Waals surface area contributed by atoms with Gasteiger partial charge in [0, 0.05) is 18.2 Å². The zero-order valence-corrected chi connectivity index (χ0v) is 11.3. The van der Waals surface area contributed by atoms with Crippen molar-refractivity contribution in [3.8, 4) is 10.4 Å². The molecule has 0 atom stereocenters. The summed E-state index contributed by atoms with van der Waals surface area (Å²) >= 11 is 7.58. The normalized spacial score (nSPS) is 15.0. The van der Waals surface area contributed by atoms with Crippen molar-refractivity contribution in [1.29, 1.82) is 0 Å². The molecule has 4 heteroatoms. The number of nitrogens with one attached hydrogen (secondary N) is 1. The Morgan fingerprint density at radius 1 is 1.33 bits per heavy atom. The van der Waals surface area contributed by atoms with Gasteiger partial charge in [0.25, 0.3) is 0 Å². The molecule has 1 fully saturated rings. The highest BCUT2D eigenvalue weighted by molar-refractivity contribution is 7.14. The molecule has 1 heterocycles. The highest BCUT2D eigenvalue weighted by Crippen LogP contribution is 2.33. The fourth-order valence-electron chi connectivity index (χ4n) is 1.87. The Kier molecular flexibility index (Phi) is 3.37. The first kappa shape index (κ1) is 12.2. The molecule has 0 spiro atoms. The van der Waals surface area contributed by atoms with Crippen molar-refractivity contribution in [3.05, 3.63) is 46.0 Å². The van der Waals surface area contributed by atoms with Gasteiger partial charge in [-0.1, -0.05) is 23.7 Å².